The van der Waals surface area contributed by atoms with Crippen molar-refractivity contribution in [2.75, 3.05) is 6.54 Å². The number of alkyl carbamates (subject to hydrolysis) is 1. The molecule has 4 atom stereocenters. The first-order valence-corrected chi connectivity index (χ1v) is 13.4. The molecule has 3 rings (SSSR count). The number of halogens is 3. The Labute approximate surface area is 241 Å². The third-order valence-electron chi connectivity index (χ3n) is 6.79. The minimum Gasteiger partial charge on any atom is -0.445 e. The first kappa shape index (κ1) is 32.3. The number of nitrogens with one attached hydrogen (secondary N) is 3. The van der Waals surface area contributed by atoms with Gasteiger partial charge in [-0.05, 0) is 50.8 Å². The minimum atomic E-state index is -5.11. The van der Waals surface area contributed by atoms with Gasteiger partial charge in [0.2, 0.25) is 17.7 Å². The van der Waals surface area contributed by atoms with Crippen molar-refractivity contribution in [1.29, 1.82) is 0 Å². The molecule has 0 unspecified atom stereocenters. The number of hydrogen-bond donors (Lipinski definition) is 3. The molecule has 2 aromatic carbocycles. The van der Waals surface area contributed by atoms with Gasteiger partial charge in [-0.25, -0.2) is 4.79 Å². The maximum absolute atomic E-state index is 13.5. The highest BCUT2D eigenvalue weighted by molar-refractivity contribution is 6.02. The average Bonchev–Trinajstić information content (AvgIpc) is 3.45. The van der Waals surface area contributed by atoms with Crippen molar-refractivity contribution in [2.45, 2.75) is 70.1 Å². The number of hydrogen-bond acceptors (Lipinski definition) is 7. The van der Waals surface area contributed by atoms with Crippen molar-refractivity contribution in [1.82, 2.24) is 20.9 Å². The summed E-state index contributed by atoms with van der Waals surface area (Å²) < 4.78 is 45.5. The van der Waals surface area contributed by atoms with Crippen molar-refractivity contribution in [3.63, 3.8) is 0 Å². The third kappa shape index (κ3) is 9.13. The van der Waals surface area contributed by atoms with Gasteiger partial charge in [-0.3, -0.25) is 29.4 Å². The van der Waals surface area contributed by atoms with E-state index < -0.39 is 59.9 Å². The number of ether oxygens (including phenoxy) is 1. The summed E-state index contributed by atoms with van der Waals surface area (Å²) in [7, 11) is 0. The summed E-state index contributed by atoms with van der Waals surface area (Å²) in [5.41, 5.74) is 1.24. The number of amides is 4. The van der Waals surface area contributed by atoms with Crippen LogP contribution < -0.4 is 16.0 Å². The van der Waals surface area contributed by atoms with E-state index in [0.717, 1.165) is 5.56 Å². The number of carbonyl (C=O) groups is 5. The van der Waals surface area contributed by atoms with Crippen LogP contribution >= 0.6 is 0 Å². The molecule has 4 amide bonds. The van der Waals surface area contributed by atoms with Crippen LogP contribution in [0.5, 0.6) is 0 Å². The predicted octanol–water partition coefficient (Wildman–Crippen LogP) is 2.66. The highest BCUT2D eigenvalue weighted by Gasteiger charge is 2.49. The molecule has 0 radical (unpaired) electrons. The topological polar surface area (TPSA) is 134 Å². The highest BCUT2D eigenvalue weighted by Crippen LogP contribution is 2.28. The molecule has 42 heavy (non-hydrogen) atoms. The zero-order valence-electron chi connectivity index (χ0n) is 23.1. The lowest BCUT2D eigenvalue weighted by Crippen LogP contribution is -2.57. The molecule has 0 aliphatic carbocycles. The Kier molecular flexibility index (Phi) is 11.2. The second-order valence-corrected chi connectivity index (χ2v) is 9.97. The van der Waals surface area contributed by atoms with Crippen molar-refractivity contribution in [3.8, 4) is 0 Å². The lowest BCUT2D eigenvalue weighted by atomic mass is 9.99. The van der Waals surface area contributed by atoms with Crippen molar-refractivity contribution in [3.05, 3.63) is 71.8 Å². The van der Waals surface area contributed by atoms with Crippen molar-refractivity contribution < 1.29 is 41.9 Å². The molecule has 0 aromatic heterocycles. The molecule has 0 saturated carbocycles. The Morgan fingerprint density at radius 1 is 0.881 bits per heavy atom. The van der Waals surface area contributed by atoms with Crippen LogP contribution in [0.3, 0.4) is 0 Å². The van der Waals surface area contributed by atoms with Gasteiger partial charge in [-0.15, -0.1) is 0 Å². The molecule has 1 fully saturated rings. The number of ketones is 1. The molecule has 0 bridgehead atoms. The Morgan fingerprint density at radius 2 is 1.45 bits per heavy atom. The smallest absolute Gasteiger partial charge is 0.445 e. The van der Waals surface area contributed by atoms with Gasteiger partial charge in [0.1, 0.15) is 18.7 Å². The van der Waals surface area contributed by atoms with Gasteiger partial charge in [0, 0.05) is 0 Å². The summed E-state index contributed by atoms with van der Waals surface area (Å²) in [6.45, 7) is 2.72. The van der Waals surface area contributed by atoms with Crippen LogP contribution in [0.4, 0.5) is 18.0 Å². The Hall–Kier alpha value is -4.26. The van der Waals surface area contributed by atoms with E-state index in [0.29, 0.717) is 12.0 Å². The minimum absolute atomic E-state index is 0.0130. The summed E-state index contributed by atoms with van der Waals surface area (Å²) in [5, 5.41) is 6.84. The normalized spacial score (nSPS) is 17.4. The molecule has 226 valence electrons. The van der Waals surface area contributed by atoms with Gasteiger partial charge in [0.15, 0.2) is 0 Å². The number of imide groups is 1. The number of nitrogens with zero attached hydrogens (tertiary/aromatic N) is 1. The molecule has 13 heteroatoms. The van der Waals surface area contributed by atoms with E-state index in [2.05, 4.69) is 16.0 Å². The van der Waals surface area contributed by atoms with Gasteiger partial charge in [0.25, 0.3) is 5.78 Å². The van der Waals surface area contributed by atoms with Crippen LogP contribution in [-0.4, -0.2) is 71.4 Å². The van der Waals surface area contributed by atoms with Crippen LogP contribution in [-0.2, 0) is 36.9 Å². The van der Waals surface area contributed by atoms with E-state index in [1.54, 1.807) is 54.6 Å². The molecule has 3 N–H and O–H groups in total. The van der Waals surface area contributed by atoms with Crippen LogP contribution in [0.15, 0.2) is 60.7 Å². The Morgan fingerprint density at radius 3 is 2.05 bits per heavy atom. The van der Waals surface area contributed by atoms with Gasteiger partial charge in [-0.1, -0.05) is 60.7 Å². The monoisotopic (exact) mass is 590 g/mol. The lowest BCUT2D eigenvalue weighted by Gasteiger charge is -2.32. The molecule has 1 saturated heterocycles. The molecule has 1 aliphatic heterocycles. The fraction of sp³-hybridized carbons (Fsp3) is 0.414. The van der Waals surface area contributed by atoms with Gasteiger partial charge in [-0.2, -0.15) is 13.2 Å². The molecular weight excluding hydrogens is 557 g/mol. The van der Waals surface area contributed by atoms with E-state index in [1.807, 2.05) is 6.07 Å². The Balaban J connectivity index is 1.56. The van der Waals surface area contributed by atoms with Crippen LogP contribution in [0.1, 0.15) is 37.8 Å². The average molecular weight is 591 g/mol. The van der Waals surface area contributed by atoms with Gasteiger partial charge >= 0.3 is 12.3 Å². The van der Waals surface area contributed by atoms with Crippen LogP contribution in [0.2, 0.25) is 0 Å². The van der Waals surface area contributed by atoms with E-state index in [9.17, 15) is 37.1 Å². The fourth-order valence-corrected chi connectivity index (χ4v) is 4.55. The molecule has 10 nitrogen and oxygen atoms in total. The summed E-state index contributed by atoms with van der Waals surface area (Å²) in [6, 6.07) is 11.9. The zero-order chi connectivity index (χ0) is 30.9. The fourth-order valence-electron chi connectivity index (χ4n) is 4.55. The zero-order valence-corrected chi connectivity index (χ0v) is 23.1. The summed E-state index contributed by atoms with van der Waals surface area (Å²) in [5.74, 6) is -4.48. The molecule has 1 aliphatic rings. The first-order chi connectivity index (χ1) is 19.9. The number of alkyl halides is 3. The number of rotatable bonds is 11. The summed E-state index contributed by atoms with van der Waals surface area (Å²) in [6.07, 6.45) is -5.74. The number of benzene rings is 2. The maximum Gasteiger partial charge on any atom is 0.451 e. The van der Waals surface area contributed by atoms with E-state index in [1.165, 1.54) is 18.7 Å². The predicted molar refractivity (Wildman–Crippen MR) is 145 cm³/mol. The second-order valence-electron chi connectivity index (χ2n) is 9.97. The second kappa shape index (κ2) is 14.6. The molecule has 0 spiro atoms. The van der Waals surface area contributed by atoms with Gasteiger partial charge < -0.3 is 15.4 Å². The van der Waals surface area contributed by atoms with E-state index in [4.69, 9.17) is 4.74 Å². The van der Waals surface area contributed by atoms with Gasteiger partial charge in [0.05, 0.1) is 12.1 Å². The van der Waals surface area contributed by atoms with Crippen molar-refractivity contribution in [2.24, 2.45) is 0 Å². The number of Topliss-reactive ketones (excluding diaryl/α,β-unsaturated/α-hetero) is 1. The molecule has 1 heterocycles. The maximum atomic E-state index is 13.5. The lowest BCUT2D eigenvalue weighted by molar-refractivity contribution is -0.177. The van der Waals surface area contributed by atoms with Crippen LogP contribution in [0, 0.1) is 0 Å². The first-order valence-electron chi connectivity index (χ1n) is 13.4. The molecular formula is C29H33F3N4O6. The summed E-state index contributed by atoms with van der Waals surface area (Å²) >= 11 is 0. The quantitative estimate of drug-likeness (QED) is 0.367. The number of carbonyl (C=O) groups excluding carboxylic acids is 5. The van der Waals surface area contributed by atoms with Crippen molar-refractivity contribution >= 4 is 29.6 Å². The SMILES string of the molecule is C[C@H](NC(=O)OCc1ccccc1)C(=O)N[C@@H](C)C(=O)NC(=O)[C@@H]1CCCN1[C@@H](Cc1ccccc1)C(=O)C(F)(F)F. The third-order valence-corrected chi connectivity index (χ3v) is 6.79. The number of likely N-dealkylation sites (tertiary alicyclic amines) is 1. The van der Waals surface area contributed by atoms with Crippen LogP contribution in [0.25, 0.3) is 0 Å². The largest absolute Gasteiger partial charge is 0.451 e. The highest BCUT2D eigenvalue weighted by atomic mass is 19.4. The standard InChI is InChI=1S/C29H33F3N4O6/c1-18(33-25(38)19(2)34-28(41)42-17-21-12-7-4-8-13-21)26(39)35-27(40)22-14-9-15-36(22)23(24(37)29(30,31)32)16-20-10-5-3-6-11-20/h3-8,10-13,18-19,22-23H,9,14-17H2,1-2H3,(H,33,38)(H,34,41)(H,35,39,40)/t18-,19-,22-,23-/m0/s1. The Bertz CT molecular complexity index is 1260. The molecule has 2 aromatic rings. The van der Waals surface area contributed by atoms with E-state index in [-0.39, 0.29) is 26.0 Å². The summed E-state index contributed by atoms with van der Waals surface area (Å²) in [4.78, 5) is 63.8. The van der Waals surface area contributed by atoms with E-state index >= 15 is 0 Å².